The zero-order valence-electron chi connectivity index (χ0n) is 20.9. The molecule has 192 valence electrons. The average Bonchev–Trinajstić information content (AvgIpc) is 2.76. The first-order valence-electron chi connectivity index (χ1n) is 11.3. The summed E-state index contributed by atoms with van der Waals surface area (Å²) in [4.78, 5) is 27.9. The van der Waals surface area contributed by atoms with Crippen LogP contribution >= 0.6 is 23.2 Å². The maximum absolute atomic E-state index is 13.6. The Morgan fingerprint density at radius 2 is 1.71 bits per heavy atom. The SMILES string of the molecule is CC[C@H](C)NC(=O)[C@@H](C)N(Cc1ccc(Cl)cc1Cl)C(=O)CN(c1ccc(C)cc1C)S(C)(=O)=O. The fourth-order valence-corrected chi connectivity index (χ4v) is 4.94. The molecule has 0 unspecified atom stereocenters. The summed E-state index contributed by atoms with van der Waals surface area (Å²) in [5, 5.41) is 3.67. The second kappa shape index (κ2) is 12.1. The minimum Gasteiger partial charge on any atom is -0.352 e. The van der Waals surface area contributed by atoms with E-state index in [4.69, 9.17) is 23.2 Å². The maximum Gasteiger partial charge on any atom is 0.244 e. The summed E-state index contributed by atoms with van der Waals surface area (Å²) in [5.74, 6) is -0.872. The number of benzene rings is 2. The first-order valence-corrected chi connectivity index (χ1v) is 13.9. The standard InChI is InChI=1S/C25H33Cl2N3O4S/c1-7-18(4)28-25(32)19(5)29(14-20-9-10-21(26)13-22(20)27)24(31)15-30(35(6,33)34)23-11-8-16(2)12-17(23)3/h8-13,18-19H,7,14-15H2,1-6H3,(H,28,32)/t18-,19+/m0/s1. The Morgan fingerprint density at radius 1 is 1.06 bits per heavy atom. The van der Waals surface area contributed by atoms with Crippen LogP contribution in [0.2, 0.25) is 10.0 Å². The van der Waals surface area contributed by atoms with E-state index in [9.17, 15) is 18.0 Å². The molecule has 2 amide bonds. The van der Waals surface area contributed by atoms with Crippen LogP contribution < -0.4 is 9.62 Å². The third-order valence-corrected chi connectivity index (χ3v) is 7.54. The molecule has 0 saturated carbocycles. The van der Waals surface area contributed by atoms with Gasteiger partial charge in [0.05, 0.1) is 11.9 Å². The van der Waals surface area contributed by atoms with Crippen molar-refractivity contribution in [3.8, 4) is 0 Å². The van der Waals surface area contributed by atoms with Crippen molar-refractivity contribution in [2.45, 2.75) is 59.7 Å². The van der Waals surface area contributed by atoms with Gasteiger partial charge >= 0.3 is 0 Å². The fourth-order valence-electron chi connectivity index (χ4n) is 3.56. The summed E-state index contributed by atoms with van der Waals surface area (Å²) >= 11 is 12.4. The number of sulfonamides is 1. The van der Waals surface area contributed by atoms with E-state index in [0.29, 0.717) is 21.3 Å². The zero-order chi connectivity index (χ0) is 26.5. The Morgan fingerprint density at radius 3 is 2.26 bits per heavy atom. The van der Waals surface area contributed by atoms with Crippen LogP contribution in [0.1, 0.15) is 43.9 Å². The number of hydrogen-bond donors (Lipinski definition) is 1. The van der Waals surface area contributed by atoms with Crippen molar-refractivity contribution < 1.29 is 18.0 Å². The molecule has 35 heavy (non-hydrogen) atoms. The zero-order valence-corrected chi connectivity index (χ0v) is 23.3. The highest BCUT2D eigenvalue weighted by atomic mass is 35.5. The van der Waals surface area contributed by atoms with E-state index in [2.05, 4.69) is 5.32 Å². The lowest BCUT2D eigenvalue weighted by Gasteiger charge is -2.32. The second-order valence-corrected chi connectivity index (χ2v) is 11.6. The molecule has 0 heterocycles. The quantitative estimate of drug-likeness (QED) is 0.471. The van der Waals surface area contributed by atoms with Gasteiger partial charge in [0.1, 0.15) is 12.6 Å². The van der Waals surface area contributed by atoms with Crippen molar-refractivity contribution in [3.63, 3.8) is 0 Å². The number of carbonyl (C=O) groups excluding carboxylic acids is 2. The van der Waals surface area contributed by atoms with Crippen molar-refractivity contribution in [3.05, 3.63) is 63.1 Å². The van der Waals surface area contributed by atoms with Crippen LogP contribution in [0.4, 0.5) is 5.69 Å². The first kappa shape index (κ1) is 28.9. The predicted molar refractivity (Wildman–Crippen MR) is 142 cm³/mol. The number of amides is 2. The summed E-state index contributed by atoms with van der Waals surface area (Å²) in [5.41, 5.74) is 2.69. The highest BCUT2D eigenvalue weighted by molar-refractivity contribution is 7.92. The van der Waals surface area contributed by atoms with Crippen molar-refractivity contribution in [1.82, 2.24) is 10.2 Å². The lowest BCUT2D eigenvalue weighted by molar-refractivity contribution is -0.139. The summed E-state index contributed by atoms with van der Waals surface area (Å²) in [6.07, 6.45) is 1.78. The van der Waals surface area contributed by atoms with Gasteiger partial charge in [0, 0.05) is 22.6 Å². The van der Waals surface area contributed by atoms with Crippen LogP contribution in [0.3, 0.4) is 0 Å². The molecule has 1 N–H and O–H groups in total. The van der Waals surface area contributed by atoms with E-state index in [-0.39, 0.29) is 18.5 Å². The number of nitrogens with zero attached hydrogens (tertiary/aromatic N) is 2. The van der Waals surface area contributed by atoms with E-state index in [1.165, 1.54) is 4.90 Å². The molecule has 0 radical (unpaired) electrons. The Bertz CT molecular complexity index is 1190. The van der Waals surface area contributed by atoms with E-state index in [0.717, 1.165) is 28.1 Å². The molecule has 0 bridgehead atoms. The molecule has 2 aromatic rings. The smallest absolute Gasteiger partial charge is 0.244 e. The van der Waals surface area contributed by atoms with Gasteiger partial charge in [-0.3, -0.25) is 13.9 Å². The van der Waals surface area contributed by atoms with Crippen LogP contribution in [0.25, 0.3) is 0 Å². The normalized spacial score (nSPS) is 13.1. The van der Waals surface area contributed by atoms with E-state index < -0.39 is 28.5 Å². The van der Waals surface area contributed by atoms with Crippen molar-refractivity contribution in [2.24, 2.45) is 0 Å². The van der Waals surface area contributed by atoms with Crippen molar-refractivity contribution >= 4 is 50.7 Å². The van der Waals surface area contributed by atoms with Crippen LogP contribution in [0.15, 0.2) is 36.4 Å². The molecule has 2 atom stereocenters. The number of halogens is 2. The Hall–Kier alpha value is -2.29. The van der Waals surface area contributed by atoms with Gasteiger partial charge in [-0.2, -0.15) is 0 Å². The van der Waals surface area contributed by atoms with E-state index in [1.807, 2.05) is 26.8 Å². The molecule has 7 nitrogen and oxygen atoms in total. The number of aryl methyl sites for hydroxylation is 2. The summed E-state index contributed by atoms with van der Waals surface area (Å²) in [7, 11) is -3.80. The molecule has 0 fully saturated rings. The Kier molecular flexibility index (Phi) is 10.0. The van der Waals surface area contributed by atoms with Gasteiger partial charge in [-0.25, -0.2) is 8.42 Å². The highest BCUT2D eigenvalue weighted by Crippen LogP contribution is 2.26. The third-order valence-electron chi connectivity index (χ3n) is 5.82. The number of carbonyl (C=O) groups is 2. The number of rotatable bonds is 10. The Balaban J connectivity index is 2.45. The van der Waals surface area contributed by atoms with Gasteiger partial charge < -0.3 is 10.2 Å². The average molecular weight is 543 g/mol. The van der Waals surface area contributed by atoms with Crippen LogP contribution in [0.5, 0.6) is 0 Å². The van der Waals surface area contributed by atoms with E-state index >= 15 is 0 Å². The van der Waals surface area contributed by atoms with E-state index in [1.54, 1.807) is 44.2 Å². The lowest BCUT2D eigenvalue weighted by atomic mass is 10.1. The molecular weight excluding hydrogens is 509 g/mol. The summed E-state index contributed by atoms with van der Waals surface area (Å²) in [6, 6.07) is 9.26. The molecule has 2 rings (SSSR count). The predicted octanol–water partition coefficient (Wildman–Crippen LogP) is 4.71. The number of anilines is 1. The Labute approximate surface area is 218 Å². The van der Waals surface area contributed by atoms with Gasteiger partial charge in [0.2, 0.25) is 21.8 Å². The largest absolute Gasteiger partial charge is 0.352 e. The van der Waals surface area contributed by atoms with Gasteiger partial charge in [-0.1, -0.05) is 53.9 Å². The minimum absolute atomic E-state index is 0.00834. The fraction of sp³-hybridized carbons (Fsp3) is 0.440. The number of nitrogens with one attached hydrogen (secondary N) is 1. The molecule has 10 heteroatoms. The molecule has 0 aliphatic carbocycles. The van der Waals surface area contributed by atoms with Crippen LogP contribution in [0, 0.1) is 13.8 Å². The second-order valence-electron chi connectivity index (χ2n) is 8.81. The van der Waals surface area contributed by atoms with Gasteiger partial charge in [0.15, 0.2) is 0 Å². The van der Waals surface area contributed by atoms with Gasteiger partial charge in [-0.15, -0.1) is 0 Å². The molecule has 0 saturated heterocycles. The molecule has 0 spiro atoms. The van der Waals surface area contributed by atoms with Gasteiger partial charge in [0.25, 0.3) is 0 Å². The molecular formula is C25H33Cl2N3O4S. The lowest BCUT2D eigenvalue weighted by Crippen LogP contribution is -2.52. The van der Waals surface area contributed by atoms with Crippen molar-refractivity contribution in [2.75, 3.05) is 17.1 Å². The molecule has 0 aromatic heterocycles. The minimum atomic E-state index is -3.80. The topological polar surface area (TPSA) is 86.8 Å². The summed E-state index contributed by atoms with van der Waals surface area (Å²) in [6.45, 7) is 8.67. The van der Waals surface area contributed by atoms with Crippen LogP contribution in [-0.2, 0) is 26.2 Å². The number of hydrogen-bond acceptors (Lipinski definition) is 4. The summed E-state index contributed by atoms with van der Waals surface area (Å²) < 4.78 is 26.5. The van der Waals surface area contributed by atoms with Crippen LogP contribution in [-0.4, -0.2) is 50.0 Å². The first-order chi connectivity index (χ1) is 16.2. The highest BCUT2D eigenvalue weighted by Gasteiger charge is 2.31. The van der Waals surface area contributed by atoms with Gasteiger partial charge in [-0.05, 0) is 63.4 Å². The maximum atomic E-state index is 13.6. The molecule has 0 aliphatic rings. The third kappa shape index (κ3) is 7.85. The molecule has 2 aromatic carbocycles. The monoisotopic (exact) mass is 541 g/mol. The van der Waals surface area contributed by atoms with Crippen molar-refractivity contribution in [1.29, 1.82) is 0 Å². The molecule has 0 aliphatic heterocycles.